The van der Waals surface area contributed by atoms with E-state index >= 15 is 0 Å². The van der Waals surface area contributed by atoms with Gasteiger partial charge in [-0.15, -0.1) is 0 Å². The first-order valence-corrected chi connectivity index (χ1v) is 8.14. The van der Waals surface area contributed by atoms with Crippen LogP contribution in [-0.4, -0.2) is 17.3 Å². The minimum absolute atomic E-state index is 0.151. The van der Waals surface area contributed by atoms with Crippen molar-refractivity contribution < 1.29 is 5.11 Å². The molecule has 1 aromatic carbocycles. The lowest BCUT2D eigenvalue weighted by molar-refractivity contribution is 0.115. The van der Waals surface area contributed by atoms with Gasteiger partial charge in [0.15, 0.2) is 0 Å². The standard InChI is InChI=1S/C15H21BrClNO/c1-10(12-8-7-11(16)9-13(12)17)18-14-5-3-2-4-6-15(14)19/h7-10,14-15,18-19H,2-6H2,1H3. The Hall–Kier alpha value is -0.0900. The molecule has 3 unspecified atom stereocenters. The molecule has 0 amide bonds. The van der Waals surface area contributed by atoms with Crippen molar-refractivity contribution in [1.82, 2.24) is 5.32 Å². The van der Waals surface area contributed by atoms with Crippen LogP contribution in [0.25, 0.3) is 0 Å². The molecule has 1 aliphatic carbocycles. The van der Waals surface area contributed by atoms with Gasteiger partial charge in [0.05, 0.1) is 6.10 Å². The minimum atomic E-state index is -0.237. The zero-order valence-electron chi connectivity index (χ0n) is 11.2. The Balaban J connectivity index is 2.04. The van der Waals surface area contributed by atoms with E-state index in [4.69, 9.17) is 11.6 Å². The average molecular weight is 347 g/mol. The lowest BCUT2D eigenvalue weighted by Crippen LogP contribution is -2.40. The fraction of sp³-hybridized carbons (Fsp3) is 0.600. The van der Waals surface area contributed by atoms with Crippen LogP contribution in [0.5, 0.6) is 0 Å². The fourth-order valence-electron chi connectivity index (χ4n) is 2.75. The third kappa shape index (κ3) is 4.19. The first-order valence-electron chi connectivity index (χ1n) is 6.97. The van der Waals surface area contributed by atoms with E-state index < -0.39 is 0 Å². The van der Waals surface area contributed by atoms with E-state index in [-0.39, 0.29) is 18.2 Å². The number of halogens is 2. The lowest BCUT2D eigenvalue weighted by atomic mass is 10.0. The molecule has 4 heteroatoms. The topological polar surface area (TPSA) is 32.3 Å². The lowest BCUT2D eigenvalue weighted by Gasteiger charge is -2.26. The Morgan fingerprint density at radius 2 is 2.05 bits per heavy atom. The normalized spacial score (nSPS) is 25.9. The summed E-state index contributed by atoms with van der Waals surface area (Å²) in [6.45, 7) is 2.10. The summed E-state index contributed by atoms with van der Waals surface area (Å²) in [5.41, 5.74) is 1.08. The summed E-state index contributed by atoms with van der Waals surface area (Å²) < 4.78 is 0.989. The Morgan fingerprint density at radius 1 is 1.32 bits per heavy atom. The Bertz CT molecular complexity index is 427. The molecule has 0 saturated heterocycles. The predicted molar refractivity (Wildman–Crippen MR) is 83.6 cm³/mol. The van der Waals surface area contributed by atoms with Gasteiger partial charge in [-0.3, -0.25) is 0 Å². The van der Waals surface area contributed by atoms with Gasteiger partial charge in [-0.2, -0.15) is 0 Å². The molecule has 0 aliphatic heterocycles. The van der Waals surface area contributed by atoms with E-state index in [0.717, 1.165) is 34.3 Å². The van der Waals surface area contributed by atoms with Gasteiger partial charge < -0.3 is 10.4 Å². The molecule has 0 aromatic heterocycles. The molecule has 1 aliphatic rings. The van der Waals surface area contributed by atoms with Gasteiger partial charge in [0.1, 0.15) is 0 Å². The summed E-state index contributed by atoms with van der Waals surface area (Å²) in [4.78, 5) is 0. The number of benzene rings is 1. The Morgan fingerprint density at radius 3 is 2.79 bits per heavy atom. The molecule has 1 fully saturated rings. The van der Waals surface area contributed by atoms with Gasteiger partial charge in [0.2, 0.25) is 0 Å². The molecule has 2 nitrogen and oxygen atoms in total. The minimum Gasteiger partial charge on any atom is -0.392 e. The highest BCUT2D eigenvalue weighted by Gasteiger charge is 2.23. The molecule has 0 heterocycles. The SMILES string of the molecule is CC(NC1CCCCCC1O)c1ccc(Br)cc1Cl. The molecule has 106 valence electrons. The van der Waals surface area contributed by atoms with Crippen molar-refractivity contribution in [2.45, 2.75) is 57.2 Å². The van der Waals surface area contributed by atoms with Crippen molar-refractivity contribution in [2.24, 2.45) is 0 Å². The van der Waals surface area contributed by atoms with Crippen molar-refractivity contribution in [1.29, 1.82) is 0 Å². The Kier molecular flexibility index (Phi) is 5.70. The van der Waals surface area contributed by atoms with Crippen LogP contribution in [0.1, 0.15) is 50.6 Å². The molecule has 1 aromatic rings. The zero-order chi connectivity index (χ0) is 13.8. The van der Waals surface area contributed by atoms with E-state index in [9.17, 15) is 5.11 Å². The van der Waals surface area contributed by atoms with E-state index in [0.29, 0.717) is 0 Å². The summed E-state index contributed by atoms with van der Waals surface area (Å²) in [7, 11) is 0. The van der Waals surface area contributed by atoms with E-state index in [1.165, 1.54) is 12.8 Å². The van der Waals surface area contributed by atoms with E-state index in [2.05, 4.69) is 28.2 Å². The van der Waals surface area contributed by atoms with Gasteiger partial charge in [-0.25, -0.2) is 0 Å². The van der Waals surface area contributed by atoms with E-state index in [1.807, 2.05) is 18.2 Å². The molecule has 19 heavy (non-hydrogen) atoms. The number of nitrogens with one attached hydrogen (secondary N) is 1. The number of hydrogen-bond donors (Lipinski definition) is 2. The second-order valence-corrected chi connectivity index (χ2v) is 6.69. The third-order valence-corrected chi connectivity index (χ3v) is 4.69. The predicted octanol–water partition coefficient (Wildman–Crippen LogP) is 4.45. The Labute approximate surface area is 128 Å². The van der Waals surface area contributed by atoms with Crippen molar-refractivity contribution in [2.75, 3.05) is 0 Å². The third-order valence-electron chi connectivity index (χ3n) is 3.87. The van der Waals surface area contributed by atoms with Crippen molar-refractivity contribution in [3.63, 3.8) is 0 Å². The van der Waals surface area contributed by atoms with Crippen molar-refractivity contribution in [3.05, 3.63) is 33.3 Å². The van der Waals surface area contributed by atoms with E-state index in [1.54, 1.807) is 0 Å². The monoisotopic (exact) mass is 345 g/mol. The highest BCUT2D eigenvalue weighted by Crippen LogP contribution is 2.28. The first kappa shape index (κ1) is 15.3. The number of hydrogen-bond acceptors (Lipinski definition) is 2. The molecule has 0 radical (unpaired) electrons. The molecule has 1 saturated carbocycles. The molecule has 0 spiro atoms. The van der Waals surface area contributed by atoms with Crippen LogP contribution in [0, 0.1) is 0 Å². The quantitative estimate of drug-likeness (QED) is 0.793. The summed E-state index contributed by atoms with van der Waals surface area (Å²) in [6.07, 6.45) is 5.25. The zero-order valence-corrected chi connectivity index (χ0v) is 13.5. The summed E-state index contributed by atoms with van der Waals surface area (Å²) in [6, 6.07) is 6.28. The molecular formula is C15H21BrClNO. The maximum atomic E-state index is 10.2. The maximum absolute atomic E-state index is 10.2. The van der Waals surface area contributed by atoms with Crippen LogP contribution in [0.3, 0.4) is 0 Å². The second-order valence-electron chi connectivity index (χ2n) is 5.37. The molecule has 2 rings (SSSR count). The second kappa shape index (κ2) is 7.07. The van der Waals surface area contributed by atoms with Crippen LogP contribution < -0.4 is 5.32 Å². The first-order chi connectivity index (χ1) is 9.08. The van der Waals surface area contributed by atoms with Gasteiger partial charge >= 0.3 is 0 Å². The largest absolute Gasteiger partial charge is 0.392 e. The van der Waals surface area contributed by atoms with Crippen LogP contribution in [0.4, 0.5) is 0 Å². The van der Waals surface area contributed by atoms with Crippen molar-refractivity contribution >= 4 is 27.5 Å². The number of aliphatic hydroxyl groups is 1. The van der Waals surface area contributed by atoms with Gasteiger partial charge in [-0.1, -0.05) is 52.9 Å². The summed E-state index contributed by atoms with van der Waals surface area (Å²) in [5, 5.41) is 14.5. The summed E-state index contributed by atoms with van der Waals surface area (Å²) >= 11 is 9.70. The number of aliphatic hydroxyl groups excluding tert-OH is 1. The number of rotatable bonds is 3. The average Bonchev–Trinajstić information content (AvgIpc) is 2.55. The van der Waals surface area contributed by atoms with Crippen LogP contribution in [0.2, 0.25) is 5.02 Å². The van der Waals surface area contributed by atoms with Crippen LogP contribution in [-0.2, 0) is 0 Å². The van der Waals surface area contributed by atoms with Gasteiger partial charge in [0.25, 0.3) is 0 Å². The maximum Gasteiger partial charge on any atom is 0.0693 e. The van der Waals surface area contributed by atoms with Gasteiger partial charge in [0, 0.05) is 21.6 Å². The van der Waals surface area contributed by atoms with Crippen LogP contribution in [0.15, 0.2) is 22.7 Å². The highest BCUT2D eigenvalue weighted by atomic mass is 79.9. The smallest absolute Gasteiger partial charge is 0.0693 e. The summed E-state index contributed by atoms with van der Waals surface area (Å²) in [5.74, 6) is 0. The van der Waals surface area contributed by atoms with Gasteiger partial charge in [-0.05, 0) is 37.5 Å². The molecule has 2 N–H and O–H groups in total. The fourth-order valence-corrected chi connectivity index (χ4v) is 3.58. The highest BCUT2D eigenvalue weighted by molar-refractivity contribution is 9.10. The molecular weight excluding hydrogens is 326 g/mol. The van der Waals surface area contributed by atoms with Crippen molar-refractivity contribution in [3.8, 4) is 0 Å². The molecule has 3 atom stereocenters. The molecule has 0 bridgehead atoms. The van der Waals surface area contributed by atoms with Crippen LogP contribution >= 0.6 is 27.5 Å².